The molecular weight excluding hydrogens is 356 g/mol. The molecule has 28 heavy (non-hydrogen) atoms. The zero-order chi connectivity index (χ0) is 19.5. The smallest absolute Gasteiger partial charge is 0.240 e. The molecule has 2 saturated heterocycles. The molecule has 2 saturated carbocycles. The minimum absolute atomic E-state index is 0.0963. The maximum atomic E-state index is 12.9. The molecule has 2 spiro atoms. The summed E-state index contributed by atoms with van der Waals surface area (Å²) in [7, 11) is 0. The summed E-state index contributed by atoms with van der Waals surface area (Å²) in [5.41, 5.74) is 0.0335. The van der Waals surface area contributed by atoms with Crippen molar-refractivity contribution >= 4 is 35.0 Å². The Hall–Kier alpha value is -2.50. The Kier molecular flexibility index (Phi) is 3.77. The first-order chi connectivity index (χ1) is 13.5. The minimum atomic E-state index is -0.508. The molecule has 0 bridgehead atoms. The van der Waals surface area contributed by atoms with Crippen LogP contribution in [0.2, 0.25) is 0 Å². The van der Waals surface area contributed by atoms with Crippen LogP contribution in [-0.2, 0) is 19.2 Å². The molecule has 1 aromatic carbocycles. The quantitative estimate of drug-likeness (QED) is 0.738. The largest absolute Gasteiger partial charge is 0.274 e. The van der Waals surface area contributed by atoms with E-state index in [1.54, 1.807) is 24.3 Å². The number of carbonyl (C=O) groups is 4. The SMILES string of the molecule is O=C1CC2(CCCC2)C(=O)N1c1ccc(N2C(=O)CC3(CCCC3)C2=O)cc1. The topological polar surface area (TPSA) is 74.8 Å². The molecule has 0 N–H and O–H groups in total. The second kappa shape index (κ2) is 6.00. The van der Waals surface area contributed by atoms with E-state index in [4.69, 9.17) is 0 Å². The molecular formula is C22H24N2O4. The highest BCUT2D eigenvalue weighted by Crippen LogP contribution is 2.49. The van der Waals surface area contributed by atoms with Crippen LogP contribution in [-0.4, -0.2) is 23.6 Å². The number of nitrogens with zero attached hydrogens (tertiary/aromatic N) is 2. The number of rotatable bonds is 2. The zero-order valence-electron chi connectivity index (χ0n) is 15.9. The average Bonchev–Trinajstić information content (AvgIpc) is 3.42. The van der Waals surface area contributed by atoms with Crippen LogP contribution in [0, 0.1) is 10.8 Å². The fourth-order valence-corrected chi connectivity index (χ4v) is 5.75. The number of hydrogen-bond acceptors (Lipinski definition) is 4. The van der Waals surface area contributed by atoms with Crippen molar-refractivity contribution in [3.8, 4) is 0 Å². The van der Waals surface area contributed by atoms with Crippen LogP contribution in [0.15, 0.2) is 24.3 Å². The fraction of sp³-hybridized carbons (Fsp3) is 0.545. The molecule has 4 amide bonds. The lowest BCUT2D eigenvalue weighted by atomic mass is 9.84. The van der Waals surface area contributed by atoms with Gasteiger partial charge in [-0.05, 0) is 49.9 Å². The first-order valence-corrected chi connectivity index (χ1v) is 10.3. The van der Waals surface area contributed by atoms with Crippen LogP contribution in [0.4, 0.5) is 11.4 Å². The first-order valence-electron chi connectivity index (χ1n) is 10.3. The summed E-state index contributed by atoms with van der Waals surface area (Å²) in [5.74, 6) is -0.502. The maximum absolute atomic E-state index is 12.9. The zero-order valence-corrected chi connectivity index (χ0v) is 15.9. The van der Waals surface area contributed by atoms with Crippen molar-refractivity contribution in [2.45, 2.75) is 64.2 Å². The van der Waals surface area contributed by atoms with Crippen molar-refractivity contribution in [3.63, 3.8) is 0 Å². The van der Waals surface area contributed by atoms with Gasteiger partial charge in [-0.2, -0.15) is 0 Å². The predicted molar refractivity (Wildman–Crippen MR) is 102 cm³/mol. The van der Waals surface area contributed by atoms with E-state index in [2.05, 4.69) is 0 Å². The Morgan fingerprint density at radius 2 is 0.893 bits per heavy atom. The van der Waals surface area contributed by atoms with Crippen molar-refractivity contribution < 1.29 is 19.2 Å². The van der Waals surface area contributed by atoms with E-state index in [1.165, 1.54) is 9.80 Å². The summed E-state index contributed by atoms with van der Waals surface area (Å²) in [5, 5.41) is 0. The van der Waals surface area contributed by atoms with Gasteiger partial charge < -0.3 is 0 Å². The Labute approximate surface area is 163 Å². The molecule has 2 heterocycles. The highest BCUT2D eigenvalue weighted by molar-refractivity contribution is 6.24. The molecule has 6 heteroatoms. The molecule has 4 fully saturated rings. The number of hydrogen-bond donors (Lipinski definition) is 0. The van der Waals surface area contributed by atoms with Gasteiger partial charge in [0.15, 0.2) is 0 Å². The van der Waals surface area contributed by atoms with E-state index in [-0.39, 0.29) is 23.6 Å². The molecule has 2 aliphatic heterocycles. The maximum Gasteiger partial charge on any atom is 0.240 e. The van der Waals surface area contributed by atoms with Gasteiger partial charge in [-0.3, -0.25) is 29.0 Å². The number of imide groups is 2. The van der Waals surface area contributed by atoms with E-state index in [0.29, 0.717) is 24.2 Å². The third-order valence-corrected chi connectivity index (χ3v) is 7.28. The van der Waals surface area contributed by atoms with E-state index in [9.17, 15) is 19.2 Å². The number of amides is 4. The van der Waals surface area contributed by atoms with E-state index in [0.717, 1.165) is 51.4 Å². The van der Waals surface area contributed by atoms with Gasteiger partial charge in [0.25, 0.3) is 0 Å². The van der Waals surface area contributed by atoms with Gasteiger partial charge in [-0.1, -0.05) is 25.7 Å². The van der Waals surface area contributed by atoms with Gasteiger partial charge in [0.2, 0.25) is 23.6 Å². The second-order valence-corrected chi connectivity index (χ2v) is 8.91. The van der Waals surface area contributed by atoms with Crippen LogP contribution in [0.25, 0.3) is 0 Å². The molecule has 5 rings (SSSR count). The van der Waals surface area contributed by atoms with Crippen LogP contribution in [0.1, 0.15) is 64.2 Å². The number of benzene rings is 1. The highest BCUT2D eigenvalue weighted by atomic mass is 16.2. The van der Waals surface area contributed by atoms with Gasteiger partial charge >= 0.3 is 0 Å². The highest BCUT2D eigenvalue weighted by Gasteiger charge is 2.54. The lowest BCUT2D eigenvalue weighted by molar-refractivity contribution is -0.126. The Balaban J connectivity index is 1.41. The molecule has 0 atom stereocenters. The van der Waals surface area contributed by atoms with Crippen molar-refractivity contribution in [2.75, 3.05) is 9.80 Å². The van der Waals surface area contributed by atoms with Gasteiger partial charge in [-0.15, -0.1) is 0 Å². The van der Waals surface area contributed by atoms with Gasteiger partial charge in [0, 0.05) is 12.8 Å². The summed E-state index contributed by atoms with van der Waals surface area (Å²) >= 11 is 0. The lowest BCUT2D eigenvalue weighted by Gasteiger charge is -2.22. The lowest BCUT2D eigenvalue weighted by Crippen LogP contribution is -2.35. The first kappa shape index (κ1) is 17.6. The summed E-state index contributed by atoms with van der Waals surface area (Å²) in [6, 6.07) is 6.72. The minimum Gasteiger partial charge on any atom is -0.274 e. The normalized spacial score (nSPS) is 25.9. The van der Waals surface area contributed by atoms with Crippen LogP contribution in [0.3, 0.4) is 0 Å². The molecule has 0 unspecified atom stereocenters. The third-order valence-electron chi connectivity index (χ3n) is 7.28. The van der Waals surface area contributed by atoms with Crippen molar-refractivity contribution in [3.05, 3.63) is 24.3 Å². The second-order valence-electron chi connectivity index (χ2n) is 8.91. The Morgan fingerprint density at radius 3 is 1.21 bits per heavy atom. The van der Waals surface area contributed by atoms with E-state index in [1.807, 2.05) is 0 Å². The van der Waals surface area contributed by atoms with E-state index >= 15 is 0 Å². The van der Waals surface area contributed by atoms with Crippen LogP contribution < -0.4 is 9.80 Å². The predicted octanol–water partition coefficient (Wildman–Crippen LogP) is 3.33. The monoisotopic (exact) mass is 380 g/mol. The van der Waals surface area contributed by atoms with Crippen molar-refractivity contribution in [2.24, 2.45) is 10.8 Å². The summed E-state index contributed by atoms with van der Waals surface area (Å²) in [6.07, 6.45) is 7.68. The molecule has 4 aliphatic rings. The molecule has 0 aromatic heterocycles. The summed E-state index contributed by atoms with van der Waals surface area (Å²) in [4.78, 5) is 53.6. The Morgan fingerprint density at radius 1 is 0.571 bits per heavy atom. The van der Waals surface area contributed by atoms with E-state index < -0.39 is 10.8 Å². The molecule has 1 aromatic rings. The molecule has 2 aliphatic carbocycles. The van der Waals surface area contributed by atoms with Crippen molar-refractivity contribution in [1.82, 2.24) is 0 Å². The fourth-order valence-electron chi connectivity index (χ4n) is 5.75. The number of anilines is 2. The van der Waals surface area contributed by atoms with Gasteiger partial charge in [-0.25, -0.2) is 0 Å². The molecule has 0 radical (unpaired) electrons. The van der Waals surface area contributed by atoms with Crippen LogP contribution >= 0.6 is 0 Å². The molecule has 146 valence electrons. The van der Waals surface area contributed by atoms with Gasteiger partial charge in [0.05, 0.1) is 22.2 Å². The average molecular weight is 380 g/mol. The third kappa shape index (κ3) is 2.33. The van der Waals surface area contributed by atoms with Crippen molar-refractivity contribution in [1.29, 1.82) is 0 Å². The number of carbonyl (C=O) groups excluding carboxylic acids is 4. The standard InChI is InChI=1S/C22H24N2O4/c25-17-13-21(9-1-2-10-21)19(27)23(17)15-5-7-16(8-6-15)24-18(26)14-22(20(24)28)11-3-4-12-22/h5-8H,1-4,9-14H2. The molecule has 6 nitrogen and oxygen atoms in total. The van der Waals surface area contributed by atoms with Crippen LogP contribution in [0.5, 0.6) is 0 Å². The summed E-state index contributed by atoms with van der Waals surface area (Å²) in [6.45, 7) is 0. The Bertz CT molecular complexity index is 803. The summed E-state index contributed by atoms with van der Waals surface area (Å²) < 4.78 is 0. The van der Waals surface area contributed by atoms with Gasteiger partial charge in [0.1, 0.15) is 0 Å².